The number of halogens is 1. The summed E-state index contributed by atoms with van der Waals surface area (Å²) in [5, 5.41) is 4.79. The Hall–Kier alpha value is -1.47. The molecule has 20 heavy (non-hydrogen) atoms. The second-order valence-corrected chi connectivity index (χ2v) is 6.06. The second-order valence-electron chi connectivity index (χ2n) is 4.29. The van der Waals surface area contributed by atoms with E-state index in [1.807, 2.05) is 10.8 Å². The number of thiazole rings is 1. The third-order valence-electron chi connectivity index (χ3n) is 2.65. The standard InChI is InChI=1S/C13H14BrN3O2S/c1-3-4-17-6-9(14)5-11(17)12(19)16-13-15-10(7-20-13)8(2)18/h5-7H,3-4H2,1-2H3,(H,15,16,19). The highest BCUT2D eigenvalue weighted by atomic mass is 79.9. The molecule has 106 valence electrons. The topological polar surface area (TPSA) is 64.0 Å². The van der Waals surface area contributed by atoms with Crippen LogP contribution in [0.5, 0.6) is 0 Å². The van der Waals surface area contributed by atoms with Gasteiger partial charge in [0, 0.05) is 29.5 Å². The van der Waals surface area contributed by atoms with Crippen molar-refractivity contribution in [2.75, 3.05) is 5.32 Å². The SMILES string of the molecule is CCCn1cc(Br)cc1C(=O)Nc1nc(C(C)=O)cs1. The minimum absolute atomic E-state index is 0.112. The molecule has 0 aliphatic heterocycles. The molecule has 1 N–H and O–H groups in total. The van der Waals surface area contributed by atoms with E-state index >= 15 is 0 Å². The molecule has 0 aliphatic carbocycles. The predicted octanol–water partition coefficient (Wildman–Crippen LogP) is 3.57. The molecule has 0 unspecified atom stereocenters. The van der Waals surface area contributed by atoms with Gasteiger partial charge >= 0.3 is 0 Å². The van der Waals surface area contributed by atoms with Gasteiger partial charge in [0.1, 0.15) is 11.4 Å². The summed E-state index contributed by atoms with van der Waals surface area (Å²) in [5.74, 6) is -0.340. The molecule has 5 nitrogen and oxygen atoms in total. The molecule has 0 fully saturated rings. The predicted molar refractivity (Wildman–Crippen MR) is 82.5 cm³/mol. The Balaban J connectivity index is 2.16. The van der Waals surface area contributed by atoms with Gasteiger partial charge in [0.25, 0.3) is 5.91 Å². The zero-order valence-electron chi connectivity index (χ0n) is 11.1. The van der Waals surface area contributed by atoms with Crippen molar-refractivity contribution in [2.45, 2.75) is 26.8 Å². The fourth-order valence-electron chi connectivity index (χ4n) is 1.75. The smallest absolute Gasteiger partial charge is 0.274 e. The first-order chi connectivity index (χ1) is 9.51. The Morgan fingerprint density at radius 2 is 2.25 bits per heavy atom. The van der Waals surface area contributed by atoms with Gasteiger partial charge in [-0.25, -0.2) is 4.98 Å². The van der Waals surface area contributed by atoms with Gasteiger partial charge in [-0.05, 0) is 28.4 Å². The van der Waals surface area contributed by atoms with Crippen molar-refractivity contribution in [3.8, 4) is 0 Å². The van der Waals surface area contributed by atoms with E-state index in [2.05, 4.69) is 33.2 Å². The lowest BCUT2D eigenvalue weighted by atomic mass is 10.3. The zero-order valence-corrected chi connectivity index (χ0v) is 13.5. The molecule has 0 bridgehead atoms. The molecule has 2 heterocycles. The summed E-state index contributed by atoms with van der Waals surface area (Å²) in [5.41, 5.74) is 0.939. The summed E-state index contributed by atoms with van der Waals surface area (Å²) in [7, 11) is 0. The van der Waals surface area contributed by atoms with Gasteiger partial charge in [0.2, 0.25) is 0 Å². The number of aromatic nitrogens is 2. The van der Waals surface area contributed by atoms with Gasteiger partial charge in [-0.1, -0.05) is 6.92 Å². The third kappa shape index (κ3) is 3.34. The van der Waals surface area contributed by atoms with E-state index in [0.717, 1.165) is 17.4 Å². The van der Waals surface area contributed by atoms with Crippen LogP contribution in [-0.2, 0) is 6.54 Å². The van der Waals surface area contributed by atoms with Gasteiger partial charge in [-0.15, -0.1) is 11.3 Å². The molecule has 0 saturated carbocycles. The van der Waals surface area contributed by atoms with E-state index < -0.39 is 0 Å². The maximum Gasteiger partial charge on any atom is 0.274 e. The quantitative estimate of drug-likeness (QED) is 0.833. The molecule has 0 radical (unpaired) electrons. The number of aryl methyl sites for hydroxylation is 1. The van der Waals surface area contributed by atoms with E-state index in [0.29, 0.717) is 16.5 Å². The highest BCUT2D eigenvalue weighted by Crippen LogP contribution is 2.19. The minimum Gasteiger partial charge on any atom is -0.342 e. The molecule has 1 amide bonds. The molecule has 0 atom stereocenters. The number of hydrogen-bond donors (Lipinski definition) is 1. The third-order valence-corrected chi connectivity index (χ3v) is 3.84. The molecule has 0 spiro atoms. The number of amides is 1. The molecular formula is C13H14BrN3O2S. The highest BCUT2D eigenvalue weighted by molar-refractivity contribution is 9.10. The van der Waals surface area contributed by atoms with Crippen molar-refractivity contribution in [1.82, 2.24) is 9.55 Å². The zero-order chi connectivity index (χ0) is 14.7. The van der Waals surface area contributed by atoms with Gasteiger partial charge in [-0.2, -0.15) is 0 Å². The summed E-state index contributed by atoms with van der Waals surface area (Å²) in [6.07, 6.45) is 2.81. The van der Waals surface area contributed by atoms with E-state index in [1.165, 1.54) is 18.3 Å². The lowest BCUT2D eigenvalue weighted by Gasteiger charge is -2.06. The number of nitrogens with one attached hydrogen (secondary N) is 1. The van der Waals surface area contributed by atoms with Crippen LogP contribution in [0.25, 0.3) is 0 Å². The van der Waals surface area contributed by atoms with Gasteiger partial charge in [0.15, 0.2) is 10.9 Å². The van der Waals surface area contributed by atoms with Crippen molar-refractivity contribution in [1.29, 1.82) is 0 Å². The Labute approximate surface area is 129 Å². The normalized spacial score (nSPS) is 10.6. The largest absolute Gasteiger partial charge is 0.342 e. The summed E-state index contributed by atoms with van der Waals surface area (Å²) >= 11 is 4.61. The van der Waals surface area contributed by atoms with Crippen LogP contribution in [0.4, 0.5) is 5.13 Å². The average Bonchev–Trinajstić information content (AvgIpc) is 2.97. The maximum atomic E-state index is 12.2. The van der Waals surface area contributed by atoms with Crippen LogP contribution in [0.2, 0.25) is 0 Å². The molecule has 2 rings (SSSR count). The summed E-state index contributed by atoms with van der Waals surface area (Å²) < 4.78 is 2.75. The van der Waals surface area contributed by atoms with Crippen LogP contribution >= 0.6 is 27.3 Å². The number of hydrogen-bond acceptors (Lipinski definition) is 4. The fourth-order valence-corrected chi connectivity index (χ4v) is 2.95. The number of ketones is 1. The Kier molecular flexibility index (Phi) is 4.72. The average molecular weight is 356 g/mol. The summed E-state index contributed by atoms with van der Waals surface area (Å²) in [4.78, 5) is 27.5. The lowest BCUT2D eigenvalue weighted by Crippen LogP contribution is -2.16. The van der Waals surface area contributed by atoms with Gasteiger partial charge in [0.05, 0.1) is 0 Å². The maximum absolute atomic E-state index is 12.2. The number of carbonyl (C=O) groups excluding carboxylic acids is 2. The van der Waals surface area contributed by atoms with E-state index in [4.69, 9.17) is 0 Å². The van der Waals surface area contributed by atoms with Gasteiger partial charge < -0.3 is 4.57 Å². The Bertz CT molecular complexity index is 648. The van der Waals surface area contributed by atoms with Crippen LogP contribution in [-0.4, -0.2) is 21.2 Å². The lowest BCUT2D eigenvalue weighted by molar-refractivity contribution is 0.1000. The van der Waals surface area contributed by atoms with Crippen LogP contribution in [0.1, 0.15) is 41.2 Å². The fraction of sp³-hybridized carbons (Fsp3) is 0.308. The molecule has 2 aromatic heterocycles. The Morgan fingerprint density at radius 3 is 2.85 bits per heavy atom. The van der Waals surface area contributed by atoms with Crippen molar-refractivity contribution < 1.29 is 9.59 Å². The molecule has 7 heteroatoms. The number of anilines is 1. The number of carbonyl (C=O) groups is 2. The van der Waals surface area contributed by atoms with Crippen molar-refractivity contribution >= 4 is 44.1 Å². The van der Waals surface area contributed by atoms with Crippen molar-refractivity contribution in [3.05, 3.63) is 33.5 Å². The first-order valence-corrected chi connectivity index (χ1v) is 7.82. The van der Waals surface area contributed by atoms with Crippen LogP contribution in [0.3, 0.4) is 0 Å². The summed E-state index contributed by atoms with van der Waals surface area (Å²) in [6, 6.07) is 1.77. The number of Topliss-reactive ketones (excluding diaryl/α,β-unsaturated/α-hetero) is 1. The minimum atomic E-state index is -0.228. The number of rotatable bonds is 5. The molecule has 0 aromatic carbocycles. The number of nitrogens with zero attached hydrogens (tertiary/aromatic N) is 2. The molecular weight excluding hydrogens is 342 g/mol. The molecule has 0 saturated heterocycles. The van der Waals surface area contributed by atoms with Gasteiger partial charge in [-0.3, -0.25) is 14.9 Å². The molecule has 2 aromatic rings. The van der Waals surface area contributed by atoms with Crippen LogP contribution in [0, 0.1) is 0 Å². The van der Waals surface area contributed by atoms with Crippen molar-refractivity contribution in [2.24, 2.45) is 0 Å². The van der Waals surface area contributed by atoms with E-state index in [1.54, 1.807) is 11.4 Å². The monoisotopic (exact) mass is 355 g/mol. The van der Waals surface area contributed by atoms with Crippen LogP contribution in [0.15, 0.2) is 22.1 Å². The van der Waals surface area contributed by atoms with Crippen molar-refractivity contribution in [3.63, 3.8) is 0 Å². The second kappa shape index (κ2) is 6.32. The first kappa shape index (κ1) is 14.9. The van der Waals surface area contributed by atoms with E-state index in [9.17, 15) is 9.59 Å². The Morgan fingerprint density at radius 1 is 1.50 bits per heavy atom. The molecule has 0 aliphatic rings. The van der Waals surface area contributed by atoms with Crippen LogP contribution < -0.4 is 5.32 Å². The highest BCUT2D eigenvalue weighted by Gasteiger charge is 2.15. The summed E-state index contributed by atoms with van der Waals surface area (Å²) in [6.45, 7) is 4.27. The van der Waals surface area contributed by atoms with E-state index in [-0.39, 0.29) is 11.7 Å². The first-order valence-electron chi connectivity index (χ1n) is 6.14.